The van der Waals surface area contributed by atoms with E-state index >= 15 is 4.39 Å². The fraction of sp³-hybridized carbons (Fsp3) is 0.500. The van der Waals surface area contributed by atoms with Gasteiger partial charge in [0.1, 0.15) is 47.6 Å². The Labute approximate surface area is 300 Å². The Morgan fingerprint density at radius 2 is 2.02 bits per heavy atom. The summed E-state index contributed by atoms with van der Waals surface area (Å²) in [6.45, 7) is 8.72. The lowest BCUT2D eigenvalue weighted by Gasteiger charge is -2.32. The minimum atomic E-state index is -0.915. The number of benzene rings is 1. The molecule has 4 atom stereocenters. The van der Waals surface area contributed by atoms with Crippen LogP contribution < -0.4 is 20.1 Å². The summed E-state index contributed by atoms with van der Waals surface area (Å²) in [4.78, 5) is 23.1. The fourth-order valence-electron chi connectivity index (χ4n) is 8.84. The van der Waals surface area contributed by atoms with Crippen molar-refractivity contribution in [2.24, 2.45) is 0 Å². The molecule has 52 heavy (non-hydrogen) atoms. The number of halogens is 2. The Balaban J connectivity index is 1.22. The zero-order valence-electron chi connectivity index (χ0n) is 29.7. The van der Waals surface area contributed by atoms with Crippen molar-refractivity contribution in [1.82, 2.24) is 34.6 Å². The van der Waals surface area contributed by atoms with Gasteiger partial charge in [-0.2, -0.15) is 15.1 Å². The summed E-state index contributed by atoms with van der Waals surface area (Å²) in [5, 5.41) is 5.86. The molecule has 0 radical (unpaired) electrons. The Morgan fingerprint density at radius 1 is 1.13 bits per heavy atom. The highest BCUT2D eigenvalue weighted by Gasteiger charge is 2.49. The van der Waals surface area contributed by atoms with E-state index in [-0.39, 0.29) is 48.6 Å². The number of rotatable bonds is 7. The number of hydrogen-bond donors (Lipinski definition) is 1. The van der Waals surface area contributed by atoms with E-state index in [0.29, 0.717) is 48.7 Å². The average molecular weight is 712 g/mol. The Kier molecular flexibility index (Phi) is 8.14. The number of hydrogen-bond acceptors (Lipinski definition) is 11. The zero-order valence-corrected chi connectivity index (χ0v) is 29.7. The summed E-state index contributed by atoms with van der Waals surface area (Å²) in [5.41, 5.74) is 10.2. The van der Waals surface area contributed by atoms with E-state index in [2.05, 4.69) is 16.0 Å². The van der Waals surface area contributed by atoms with Gasteiger partial charge in [-0.05, 0) is 82.7 Å². The van der Waals surface area contributed by atoms with Crippen LogP contribution in [0.15, 0.2) is 30.6 Å². The van der Waals surface area contributed by atoms with E-state index in [1.807, 2.05) is 42.5 Å². The van der Waals surface area contributed by atoms with Crippen LogP contribution in [0.1, 0.15) is 74.4 Å². The van der Waals surface area contributed by atoms with E-state index in [4.69, 9.17) is 40.0 Å². The molecule has 0 saturated carbocycles. The summed E-state index contributed by atoms with van der Waals surface area (Å²) < 4.78 is 52.9. The Hall–Kier alpha value is -4.69. The van der Waals surface area contributed by atoms with E-state index in [9.17, 15) is 4.39 Å². The van der Waals surface area contributed by atoms with Crippen molar-refractivity contribution in [2.75, 3.05) is 50.1 Å². The van der Waals surface area contributed by atoms with Gasteiger partial charge in [0.15, 0.2) is 12.0 Å². The van der Waals surface area contributed by atoms with Gasteiger partial charge in [0.25, 0.3) is 0 Å². The van der Waals surface area contributed by atoms with Gasteiger partial charge >= 0.3 is 6.01 Å². The molecule has 0 amide bonds. The molecule has 0 spiro atoms. The van der Waals surface area contributed by atoms with Crippen molar-refractivity contribution < 1.29 is 23.0 Å². The van der Waals surface area contributed by atoms with Gasteiger partial charge in [-0.15, -0.1) is 0 Å². The van der Waals surface area contributed by atoms with Crippen molar-refractivity contribution in [3.8, 4) is 23.1 Å². The molecule has 4 aliphatic rings. The molecule has 1 aromatic carbocycles. The molecule has 4 aliphatic heterocycles. The Morgan fingerprint density at radius 3 is 2.85 bits per heavy atom. The number of fused-ring (bicyclic) bond motifs is 2. The van der Waals surface area contributed by atoms with Crippen LogP contribution in [0.2, 0.25) is 0 Å². The van der Waals surface area contributed by atoms with Crippen LogP contribution in [0.5, 0.6) is 11.9 Å². The van der Waals surface area contributed by atoms with Crippen molar-refractivity contribution in [3.63, 3.8) is 0 Å². The van der Waals surface area contributed by atoms with Crippen LogP contribution in [0.3, 0.4) is 0 Å². The lowest BCUT2D eigenvalue weighted by molar-refractivity contribution is -0.0366. The molecule has 8 heterocycles. The summed E-state index contributed by atoms with van der Waals surface area (Å²) >= 11 is 0. The third-order valence-corrected chi connectivity index (χ3v) is 11.7. The molecule has 12 nitrogen and oxygen atoms in total. The van der Waals surface area contributed by atoms with Crippen molar-refractivity contribution >= 4 is 33.4 Å². The molecule has 2 N–H and O–H groups in total. The number of ether oxygens (including phenoxy) is 3. The number of nitrogens with zero attached hydrogens (tertiary/aromatic N) is 8. The lowest BCUT2D eigenvalue weighted by Crippen LogP contribution is -2.43. The fourth-order valence-corrected chi connectivity index (χ4v) is 8.84. The third-order valence-electron chi connectivity index (χ3n) is 11.7. The molecule has 2 unspecified atom stereocenters. The van der Waals surface area contributed by atoms with Gasteiger partial charge < -0.3 is 24.8 Å². The smallest absolute Gasteiger partial charge is 0.319 e. The maximum absolute atomic E-state index is 17.5. The first-order valence-corrected chi connectivity index (χ1v) is 18.3. The maximum atomic E-state index is 17.5. The van der Waals surface area contributed by atoms with E-state index in [1.54, 1.807) is 12.4 Å². The number of aryl methyl sites for hydroxylation is 1. The first kappa shape index (κ1) is 33.2. The minimum absolute atomic E-state index is 0.0136. The average Bonchev–Trinajstić information content (AvgIpc) is 3.79. The third kappa shape index (κ3) is 5.32. The van der Waals surface area contributed by atoms with Gasteiger partial charge in [0, 0.05) is 42.3 Å². The predicted molar refractivity (Wildman–Crippen MR) is 193 cm³/mol. The molecule has 9 rings (SSSR count). The highest BCUT2D eigenvalue weighted by molar-refractivity contribution is 6.02. The number of alkyl halides is 1. The normalized spacial score (nSPS) is 23.9. The topological polar surface area (TPSA) is 130 Å². The molecule has 14 heteroatoms. The van der Waals surface area contributed by atoms with Crippen molar-refractivity contribution in [1.29, 1.82) is 0 Å². The number of anilines is 2. The second-order valence-electron chi connectivity index (χ2n) is 14.7. The molecular formula is C38H43F2N9O3. The first-order chi connectivity index (χ1) is 25.2. The van der Waals surface area contributed by atoms with Gasteiger partial charge in [0.2, 0.25) is 5.88 Å². The number of pyridine rings is 2. The summed E-state index contributed by atoms with van der Waals surface area (Å²) in [5.74, 6) is 0.427. The molecule has 0 aliphatic carbocycles. The number of nitrogen functional groups attached to an aromatic ring is 1. The minimum Gasteiger partial charge on any atom is -0.475 e. The molecule has 3 fully saturated rings. The van der Waals surface area contributed by atoms with E-state index in [0.717, 1.165) is 66.2 Å². The van der Waals surface area contributed by atoms with Crippen LogP contribution in [0.25, 0.3) is 33.1 Å². The molecule has 3 saturated heterocycles. The second kappa shape index (κ2) is 12.8. The van der Waals surface area contributed by atoms with Crippen LogP contribution in [-0.4, -0.2) is 85.8 Å². The number of aromatic nitrogens is 6. The predicted octanol–water partition coefficient (Wildman–Crippen LogP) is 6.39. The summed E-state index contributed by atoms with van der Waals surface area (Å²) in [6, 6.07) is 5.54. The Bertz CT molecular complexity index is 2190. The van der Waals surface area contributed by atoms with Crippen LogP contribution in [-0.2, 0) is 4.74 Å². The molecule has 5 aromatic rings. The zero-order chi connectivity index (χ0) is 35.7. The van der Waals surface area contributed by atoms with E-state index in [1.165, 1.54) is 0 Å². The second-order valence-corrected chi connectivity index (χ2v) is 14.7. The monoisotopic (exact) mass is 711 g/mol. The SMILES string of the molecule is Cc1cc2c(cnn2C2CCCCO2)c(-c2nc3c4c(nc(OC[C@@]56CCCN5C[C@H](F)C6)nc4c2F)N(C(C)c2cccnc2N)CCO3)c1C. The van der Waals surface area contributed by atoms with Crippen molar-refractivity contribution in [3.05, 3.63) is 53.1 Å². The van der Waals surface area contributed by atoms with Gasteiger partial charge in [-0.3, -0.25) is 4.90 Å². The van der Waals surface area contributed by atoms with E-state index < -0.39 is 17.5 Å². The lowest BCUT2D eigenvalue weighted by atomic mass is 9.95. The highest BCUT2D eigenvalue weighted by Crippen LogP contribution is 2.45. The maximum Gasteiger partial charge on any atom is 0.319 e. The summed E-state index contributed by atoms with van der Waals surface area (Å²) in [6.07, 6.45) is 7.41. The van der Waals surface area contributed by atoms with Crippen LogP contribution in [0, 0.1) is 19.7 Å². The van der Waals surface area contributed by atoms with Crippen LogP contribution in [0.4, 0.5) is 20.4 Å². The molecule has 272 valence electrons. The largest absolute Gasteiger partial charge is 0.475 e. The standard InChI is InChI=1S/C38H43F2N9O3/c1-21-16-27-26(18-43-49(27)28-9-4-5-14-50-28)29(22(21)2)32-31(40)33-30-35(46-37(45-33)52-20-38-10-7-12-47(38)19-24(39)17-38)48(13-15-51-36(30)44-32)23(3)25-8-6-11-42-34(25)41/h6,8,11,16,18,23-24,28H,4-5,7,9-10,12-15,17,19-20H2,1-3H3,(H2,41,42)/t23?,24-,28?,38+/m1/s1. The van der Waals surface area contributed by atoms with Crippen molar-refractivity contribution in [2.45, 2.75) is 83.3 Å². The van der Waals surface area contributed by atoms with Crippen LogP contribution >= 0.6 is 0 Å². The molecule has 0 bridgehead atoms. The van der Waals surface area contributed by atoms with Gasteiger partial charge in [-0.25, -0.2) is 23.4 Å². The van der Waals surface area contributed by atoms with Gasteiger partial charge in [0.05, 0.1) is 29.8 Å². The first-order valence-electron chi connectivity index (χ1n) is 18.3. The molecule has 4 aromatic heterocycles. The molecular weight excluding hydrogens is 668 g/mol. The summed E-state index contributed by atoms with van der Waals surface area (Å²) in [7, 11) is 0. The van der Waals surface area contributed by atoms with Gasteiger partial charge in [-0.1, -0.05) is 6.07 Å². The number of nitrogens with two attached hydrogens (primary N) is 1. The quantitative estimate of drug-likeness (QED) is 0.202. The highest BCUT2D eigenvalue weighted by atomic mass is 19.1.